The molecule has 4 heteroatoms. The molecule has 16 heavy (non-hydrogen) atoms. The molecule has 0 fully saturated rings. The number of rotatable bonds is 4. The molecule has 0 unspecified atom stereocenters. The van der Waals surface area contributed by atoms with Gasteiger partial charge in [0.15, 0.2) is 0 Å². The van der Waals surface area contributed by atoms with Crippen LogP contribution in [0.1, 0.15) is 11.3 Å². The normalized spacial score (nSPS) is 11.1. The van der Waals surface area contributed by atoms with Crippen LogP contribution in [0.25, 0.3) is 0 Å². The molecule has 0 aliphatic heterocycles. The van der Waals surface area contributed by atoms with E-state index in [1.54, 1.807) is 6.33 Å². The number of nitrogens with zero attached hydrogens (tertiary/aromatic N) is 2. The molecular formula is C12H12ClN3. The summed E-state index contributed by atoms with van der Waals surface area (Å²) >= 11 is 5.78. The van der Waals surface area contributed by atoms with Gasteiger partial charge in [-0.3, -0.25) is 4.99 Å². The topological polar surface area (TPSA) is 41.0 Å². The van der Waals surface area contributed by atoms with Crippen molar-refractivity contribution in [2.24, 2.45) is 4.99 Å². The Labute approximate surface area is 99.2 Å². The summed E-state index contributed by atoms with van der Waals surface area (Å²) in [7, 11) is 0. The molecule has 0 saturated carbocycles. The van der Waals surface area contributed by atoms with E-state index in [9.17, 15) is 0 Å². The van der Waals surface area contributed by atoms with Crippen molar-refractivity contribution in [1.29, 1.82) is 0 Å². The minimum atomic E-state index is 0.745. The predicted octanol–water partition coefficient (Wildman–Crippen LogP) is 2.72. The average molecular weight is 234 g/mol. The summed E-state index contributed by atoms with van der Waals surface area (Å²) < 4.78 is 0. The SMILES string of the molecule is Clc1ccc(C=NCCc2cnc[nH]2)cc1. The van der Waals surface area contributed by atoms with E-state index in [1.807, 2.05) is 36.7 Å². The zero-order valence-corrected chi connectivity index (χ0v) is 9.48. The molecule has 0 amide bonds. The van der Waals surface area contributed by atoms with Gasteiger partial charge >= 0.3 is 0 Å². The molecule has 1 heterocycles. The second kappa shape index (κ2) is 5.47. The minimum absolute atomic E-state index is 0.745. The fraction of sp³-hybridized carbons (Fsp3) is 0.167. The van der Waals surface area contributed by atoms with E-state index >= 15 is 0 Å². The zero-order chi connectivity index (χ0) is 11.2. The number of H-pyrrole nitrogens is 1. The van der Waals surface area contributed by atoms with Crippen LogP contribution in [0.15, 0.2) is 41.8 Å². The van der Waals surface area contributed by atoms with Gasteiger partial charge in [0.2, 0.25) is 0 Å². The fourth-order valence-corrected chi connectivity index (χ4v) is 1.45. The van der Waals surface area contributed by atoms with E-state index in [4.69, 9.17) is 11.6 Å². The molecule has 0 saturated heterocycles. The Kier molecular flexibility index (Phi) is 3.72. The van der Waals surface area contributed by atoms with Crippen molar-refractivity contribution in [3.63, 3.8) is 0 Å². The summed E-state index contributed by atoms with van der Waals surface area (Å²) in [5.41, 5.74) is 2.17. The molecule has 1 aromatic carbocycles. The molecule has 82 valence electrons. The molecule has 2 rings (SSSR count). The van der Waals surface area contributed by atoms with Crippen LogP contribution in [0.3, 0.4) is 0 Å². The van der Waals surface area contributed by atoms with Gasteiger partial charge in [-0.25, -0.2) is 4.98 Å². The first kappa shape index (κ1) is 10.9. The van der Waals surface area contributed by atoms with Crippen LogP contribution in [-0.2, 0) is 6.42 Å². The van der Waals surface area contributed by atoms with Gasteiger partial charge in [0.25, 0.3) is 0 Å². The van der Waals surface area contributed by atoms with Crippen molar-refractivity contribution in [1.82, 2.24) is 9.97 Å². The smallest absolute Gasteiger partial charge is 0.0921 e. The standard InChI is InChI=1S/C12H12ClN3/c13-11-3-1-10(2-4-11)7-14-6-5-12-8-15-9-16-12/h1-4,7-9H,5-6H2,(H,15,16). The third-order valence-electron chi connectivity index (χ3n) is 2.18. The molecule has 0 aliphatic carbocycles. The number of hydrogen-bond acceptors (Lipinski definition) is 2. The molecule has 1 aromatic heterocycles. The van der Waals surface area contributed by atoms with Crippen molar-refractivity contribution >= 4 is 17.8 Å². The second-order valence-corrected chi connectivity index (χ2v) is 3.85. The maximum atomic E-state index is 5.78. The highest BCUT2D eigenvalue weighted by Gasteiger charge is 1.91. The zero-order valence-electron chi connectivity index (χ0n) is 8.73. The third-order valence-corrected chi connectivity index (χ3v) is 2.43. The van der Waals surface area contributed by atoms with Crippen LogP contribution >= 0.6 is 11.6 Å². The highest BCUT2D eigenvalue weighted by atomic mass is 35.5. The van der Waals surface area contributed by atoms with Crippen LogP contribution in [0.4, 0.5) is 0 Å². The van der Waals surface area contributed by atoms with E-state index in [0.717, 1.165) is 29.2 Å². The Bertz CT molecular complexity index is 446. The molecule has 2 aromatic rings. The fourth-order valence-electron chi connectivity index (χ4n) is 1.33. The highest BCUT2D eigenvalue weighted by Crippen LogP contribution is 2.07. The third kappa shape index (κ3) is 3.21. The average Bonchev–Trinajstić information content (AvgIpc) is 2.80. The van der Waals surface area contributed by atoms with Crippen LogP contribution in [0.2, 0.25) is 5.02 Å². The monoisotopic (exact) mass is 233 g/mol. The van der Waals surface area contributed by atoms with Crippen molar-refractivity contribution in [3.05, 3.63) is 53.1 Å². The molecule has 0 atom stereocenters. The van der Waals surface area contributed by atoms with E-state index in [1.165, 1.54) is 0 Å². The summed E-state index contributed by atoms with van der Waals surface area (Å²) in [6.07, 6.45) is 6.23. The van der Waals surface area contributed by atoms with Gasteiger partial charge < -0.3 is 4.98 Å². The van der Waals surface area contributed by atoms with Crippen molar-refractivity contribution < 1.29 is 0 Å². The number of hydrogen-bond donors (Lipinski definition) is 1. The maximum absolute atomic E-state index is 5.78. The Hall–Kier alpha value is -1.61. The summed E-state index contributed by atoms with van der Waals surface area (Å²) in [5.74, 6) is 0. The Balaban J connectivity index is 1.83. The van der Waals surface area contributed by atoms with Crippen molar-refractivity contribution in [2.75, 3.05) is 6.54 Å². The summed E-state index contributed by atoms with van der Waals surface area (Å²) in [4.78, 5) is 11.3. The summed E-state index contributed by atoms with van der Waals surface area (Å²) in [6, 6.07) is 7.61. The lowest BCUT2D eigenvalue weighted by Gasteiger charge is -1.94. The number of aromatic nitrogens is 2. The molecular weight excluding hydrogens is 222 g/mol. The summed E-state index contributed by atoms with van der Waals surface area (Å²) in [5, 5.41) is 0.745. The lowest BCUT2D eigenvalue weighted by Crippen LogP contribution is -1.90. The highest BCUT2D eigenvalue weighted by molar-refractivity contribution is 6.30. The van der Waals surface area contributed by atoms with Crippen LogP contribution < -0.4 is 0 Å². The first-order chi connectivity index (χ1) is 7.84. The predicted molar refractivity (Wildman–Crippen MR) is 66.2 cm³/mol. The van der Waals surface area contributed by atoms with Crippen LogP contribution in [0, 0.1) is 0 Å². The first-order valence-electron chi connectivity index (χ1n) is 5.07. The van der Waals surface area contributed by atoms with Gasteiger partial charge in [-0.05, 0) is 17.7 Å². The van der Waals surface area contributed by atoms with E-state index in [-0.39, 0.29) is 0 Å². The maximum Gasteiger partial charge on any atom is 0.0921 e. The van der Waals surface area contributed by atoms with E-state index in [2.05, 4.69) is 15.0 Å². The van der Waals surface area contributed by atoms with Crippen molar-refractivity contribution in [3.8, 4) is 0 Å². The number of nitrogens with one attached hydrogen (secondary N) is 1. The molecule has 0 radical (unpaired) electrons. The minimum Gasteiger partial charge on any atom is -0.348 e. The van der Waals surface area contributed by atoms with E-state index < -0.39 is 0 Å². The lowest BCUT2D eigenvalue weighted by molar-refractivity contribution is 0.939. The number of halogens is 1. The molecule has 0 spiro atoms. The summed E-state index contributed by atoms with van der Waals surface area (Å²) in [6.45, 7) is 0.755. The molecule has 1 N–H and O–H groups in total. The van der Waals surface area contributed by atoms with Crippen molar-refractivity contribution in [2.45, 2.75) is 6.42 Å². The molecule has 0 aliphatic rings. The number of aliphatic imine (C=N–C) groups is 1. The van der Waals surface area contributed by atoms with Gasteiger partial charge in [0.05, 0.1) is 6.33 Å². The quantitative estimate of drug-likeness (QED) is 0.811. The van der Waals surface area contributed by atoms with Gasteiger partial charge in [-0.2, -0.15) is 0 Å². The van der Waals surface area contributed by atoms with Crippen LogP contribution in [-0.4, -0.2) is 22.7 Å². The number of aromatic amines is 1. The van der Waals surface area contributed by atoms with Crippen LogP contribution in [0.5, 0.6) is 0 Å². The van der Waals surface area contributed by atoms with Gasteiger partial charge in [0.1, 0.15) is 0 Å². The first-order valence-corrected chi connectivity index (χ1v) is 5.45. The Morgan fingerprint density at radius 1 is 1.31 bits per heavy atom. The molecule has 0 bridgehead atoms. The number of imidazole rings is 1. The largest absolute Gasteiger partial charge is 0.348 e. The van der Waals surface area contributed by atoms with Gasteiger partial charge in [-0.1, -0.05) is 23.7 Å². The second-order valence-electron chi connectivity index (χ2n) is 3.41. The Morgan fingerprint density at radius 2 is 2.12 bits per heavy atom. The molecule has 3 nitrogen and oxygen atoms in total. The Morgan fingerprint density at radius 3 is 2.81 bits per heavy atom. The van der Waals surface area contributed by atoms with E-state index in [0.29, 0.717) is 0 Å². The van der Waals surface area contributed by atoms with Gasteiger partial charge in [0, 0.05) is 36.1 Å². The number of benzene rings is 1. The van der Waals surface area contributed by atoms with Gasteiger partial charge in [-0.15, -0.1) is 0 Å². The lowest BCUT2D eigenvalue weighted by atomic mass is 10.2.